The summed E-state index contributed by atoms with van der Waals surface area (Å²) in [4.78, 5) is 0. The minimum atomic E-state index is -0.294. The Bertz CT molecular complexity index is 379. The maximum absolute atomic E-state index is 13.0. The number of nitrogens with one attached hydrogen (secondary N) is 1. The average Bonchev–Trinajstić information content (AvgIpc) is 2.37. The van der Waals surface area contributed by atoms with Crippen molar-refractivity contribution in [2.75, 3.05) is 13.2 Å². The van der Waals surface area contributed by atoms with Crippen molar-refractivity contribution < 1.29 is 9.13 Å². The summed E-state index contributed by atoms with van der Waals surface area (Å²) >= 11 is 0. The van der Waals surface area contributed by atoms with Gasteiger partial charge in [-0.05, 0) is 50.4 Å². The highest BCUT2D eigenvalue weighted by molar-refractivity contribution is 5.23. The molecule has 1 aromatic rings. The lowest BCUT2D eigenvalue weighted by Gasteiger charge is -2.39. The molecule has 0 saturated carbocycles. The molecule has 3 heteroatoms. The Balaban J connectivity index is 2.07. The molecule has 0 bridgehead atoms. The molecular formula is C15H22FNO. The highest BCUT2D eigenvalue weighted by Gasteiger charge is 2.34. The highest BCUT2D eigenvalue weighted by atomic mass is 19.1. The lowest BCUT2D eigenvalue weighted by atomic mass is 9.85. The van der Waals surface area contributed by atoms with Gasteiger partial charge in [0.15, 0.2) is 0 Å². The van der Waals surface area contributed by atoms with E-state index in [-0.39, 0.29) is 11.4 Å². The van der Waals surface area contributed by atoms with Crippen LogP contribution in [0.4, 0.5) is 4.39 Å². The number of benzene rings is 1. The van der Waals surface area contributed by atoms with Crippen LogP contribution in [0.25, 0.3) is 0 Å². The zero-order valence-electron chi connectivity index (χ0n) is 11.2. The minimum Gasteiger partial charge on any atom is -0.370 e. The highest BCUT2D eigenvalue weighted by Crippen LogP contribution is 2.34. The van der Waals surface area contributed by atoms with Gasteiger partial charge in [0.25, 0.3) is 0 Å². The minimum absolute atomic E-state index is 0.196. The van der Waals surface area contributed by atoms with Gasteiger partial charge in [0.2, 0.25) is 0 Å². The fourth-order valence-electron chi connectivity index (χ4n) is 2.58. The number of ether oxygens (including phenoxy) is 1. The molecule has 1 N–H and O–H groups in total. The Morgan fingerprint density at radius 2 is 2.11 bits per heavy atom. The number of hydrogen-bond acceptors (Lipinski definition) is 2. The van der Waals surface area contributed by atoms with E-state index in [9.17, 15) is 4.39 Å². The van der Waals surface area contributed by atoms with Gasteiger partial charge in [0, 0.05) is 12.6 Å². The zero-order valence-corrected chi connectivity index (χ0v) is 11.2. The fourth-order valence-corrected chi connectivity index (χ4v) is 2.58. The molecule has 1 aromatic carbocycles. The van der Waals surface area contributed by atoms with E-state index in [0.717, 1.165) is 38.0 Å². The lowest BCUT2D eigenvalue weighted by molar-refractivity contribution is -0.0812. The monoisotopic (exact) mass is 251 g/mol. The van der Waals surface area contributed by atoms with Crippen LogP contribution in [0.1, 0.15) is 38.7 Å². The first-order valence-corrected chi connectivity index (χ1v) is 6.77. The Morgan fingerprint density at radius 1 is 1.39 bits per heavy atom. The van der Waals surface area contributed by atoms with Crippen molar-refractivity contribution in [3.05, 3.63) is 35.6 Å². The van der Waals surface area contributed by atoms with E-state index in [1.165, 1.54) is 12.1 Å². The van der Waals surface area contributed by atoms with Gasteiger partial charge >= 0.3 is 0 Å². The molecule has 2 nitrogen and oxygen atoms in total. The van der Waals surface area contributed by atoms with E-state index in [4.69, 9.17) is 4.74 Å². The van der Waals surface area contributed by atoms with Crippen molar-refractivity contribution >= 4 is 0 Å². The van der Waals surface area contributed by atoms with Crippen LogP contribution in [0.3, 0.4) is 0 Å². The summed E-state index contributed by atoms with van der Waals surface area (Å²) in [5, 5.41) is 3.55. The van der Waals surface area contributed by atoms with Crippen LogP contribution < -0.4 is 5.32 Å². The number of rotatable bonds is 4. The van der Waals surface area contributed by atoms with Crippen molar-refractivity contribution in [3.8, 4) is 0 Å². The summed E-state index contributed by atoms with van der Waals surface area (Å²) in [7, 11) is 0. The Kier molecular flexibility index (Phi) is 4.36. The quantitative estimate of drug-likeness (QED) is 0.887. The first-order chi connectivity index (χ1) is 8.64. The number of hydrogen-bond donors (Lipinski definition) is 1. The lowest BCUT2D eigenvalue weighted by Crippen LogP contribution is -2.44. The van der Waals surface area contributed by atoms with E-state index in [0.29, 0.717) is 6.04 Å². The van der Waals surface area contributed by atoms with Crippen LogP contribution in [0.15, 0.2) is 24.3 Å². The zero-order chi connectivity index (χ0) is 13.0. The smallest absolute Gasteiger partial charge is 0.123 e. The van der Waals surface area contributed by atoms with Gasteiger partial charge in [-0.25, -0.2) is 4.39 Å². The average molecular weight is 251 g/mol. The Hall–Kier alpha value is -0.930. The van der Waals surface area contributed by atoms with Gasteiger partial charge in [-0.15, -0.1) is 0 Å². The Morgan fingerprint density at radius 3 is 2.78 bits per heavy atom. The third-order valence-electron chi connectivity index (χ3n) is 3.66. The molecule has 1 saturated heterocycles. The number of halogens is 1. The molecule has 2 rings (SSSR count). The first kappa shape index (κ1) is 13.5. The van der Waals surface area contributed by atoms with Gasteiger partial charge in [0.1, 0.15) is 5.82 Å². The summed E-state index contributed by atoms with van der Waals surface area (Å²) in [5.41, 5.74) is 0.768. The van der Waals surface area contributed by atoms with Crippen molar-refractivity contribution in [1.82, 2.24) is 5.32 Å². The van der Waals surface area contributed by atoms with Crippen LogP contribution in [0.2, 0.25) is 0 Å². The van der Waals surface area contributed by atoms with Crippen LogP contribution in [0, 0.1) is 5.82 Å². The molecule has 1 heterocycles. The Labute approximate surface area is 109 Å². The second kappa shape index (κ2) is 5.81. The van der Waals surface area contributed by atoms with Gasteiger partial charge < -0.3 is 10.1 Å². The fraction of sp³-hybridized carbons (Fsp3) is 0.600. The van der Waals surface area contributed by atoms with E-state index in [1.807, 2.05) is 12.1 Å². The van der Waals surface area contributed by atoms with Crippen molar-refractivity contribution in [1.29, 1.82) is 0 Å². The van der Waals surface area contributed by atoms with E-state index in [1.54, 1.807) is 0 Å². The largest absolute Gasteiger partial charge is 0.370 e. The van der Waals surface area contributed by atoms with E-state index < -0.39 is 0 Å². The molecule has 0 spiro atoms. The summed E-state index contributed by atoms with van der Waals surface area (Å²) in [6.45, 7) is 6.07. The topological polar surface area (TPSA) is 21.3 Å². The molecule has 18 heavy (non-hydrogen) atoms. The van der Waals surface area contributed by atoms with Gasteiger partial charge in [0.05, 0.1) is 5.60 Å². The van der Waals surface area contributed by atoms with Crippen LogP contribution in [0.5, 0.6) is 0 Å². The first-order valence-electron chi connectivity index (χ1n) is 6.77. The van der Waals surface area contributed by atoms with Crippen molar-refractivity contribution in [3.63, 3.8) is 0 Å². The summed E-state index contributed by atoms with van der Waals surface area (Å²) in [6.07, 6.45) is 3.14. The molecule has 0 aliphatic carbocycles. The molecular weight excluding hydrogens is 229 g/mol. The summed E-state index contributed by atoms with van der Waals surface area (Å²) in [5.74, 6) is -0.196. The summed E-state index contributed by atoms with van der Waals surface area (Å²) < 4.78 is 18.9. The molecule has 1 fully saturated rings. The third kappa shape index (κ3) is 3.09. The molecule has 0 radical (unpaired) electrons. The second-order valence-electron chi connectivity index (χ2n) is 5.23. The van der Waals surface area contributed by atoms with Crippen LogP contribution in [-0.2, 0) is 10.3 Å². The van der Waals surface area contributed by atoms with Crippen molar-refractivity contribution in [2.45, 2.75) is 44.8 Å². The van der Waals surface area contributed by atoms with Gasteiger partial charge in [-0.3, -0.25) is 0 Å². The molecule has 1 aliphatic heterocycles. The summed E-state index contributed by atoms with van der Waals surface area (Å²) in [6, 6.07) is 7.17. The third-order valence-corrected chi connectivity index (χ3v) is 3.66. The molecule has 100 valence electrons. The molecule has 2 atom stereocenters. The van der Waals surface area contributed by atoms with Crippen molar-refractivity contribution in [2.24, 2.45) is 0 Å². The maximum atomic E-state index is 13.0. The molecule has 2 unspecified atom stereocenters. The van der Waals surface area contributed by atoms with Gasteiger partial charge in [-0.1, -0.05) is 19.1 Å². The normalized spacial score (nSPS) is 28.3. The SMILES string of the molecule is CCCNC1CCOC(C)(c2ccc(F)cc2)C1. The molecule has 1 aliphatic rings. The van der Waals surface area contributed by atoms with Gasteiger partial charge in [-0.2, -0.15) is 0 Å². The predicted molar refractivity (Wildman–Crippen MR) is 71.0 cm³/mol. The standard InChI is InChI=1S/C15H22FNO/c1-3-9-17-14-8-10-18-15(2,11-14)12-4-6-13(16)7-5-12/h4-7,14,17H,3,8-11H2,1-2H3. The van der Waals surface area contributed by atoms with Crippen LogP contribution >= 0.6 is 0 Å². The maximum Gasteiger partial charge on any atom is 0.123 e. The molecule has 0 aromatic heterocycles. The molecule has 0 amide bonds. The van der Waals surface area contributed by atoms with E-state index in [2.05, 4.69) is 19.2 Å². The second-order valence-corrected chi connectivity index (χ2v) is 5.23. The predicted octanol–water partition coefficient (Wildman–Crippen LogP) is 3.22. The van der Waals surface area contributed by atoms with Crippen LogP contribution in [-0.4, -0.2) is 19.2 Å². The van der Waals surface area contributed by atoms with E-state index >= 15 is 0 Å².